The lowest BCUT2D eigenvalue weighted by Crippen LogP contribution is -2.31. The number of aromatic hydroxyl groups is 1. The number of alkyl halides is 2. The van der Waals surface area contributed by atoms with E-state index in [9.17, 15) is 18.7 Å². The summed E-state index contributed by atoms with van der Waals surface area (Å²) in [4.78, 5) is 16.8. The molecular weight excluding hydrogens is 410 g/mol. The van der Waals surface area contributed by atoms with Crippen LogP contribution in [0.3, 0.4) is 0 Å². The van der Waals surface area contributed by atoms with Crippen molar-refractivity contribution in [3.63, 3.8) is 0 Å². The summed E-state index contributed by atoms with van der Waals surface area (Å²) in [5.74, 6) is -2.71. The number of halogens is 3. The molecule has 2 saturated heterocycles. The van der Waals surface area contributed by atoms with E-state index in [2.05, 4.69) is 0 Å². The third-order valence-electron chi connectivity index (χ3n) is 6.06. The molecule has 0 aromatic heterocycles. The molecule has 2 aliphatic rings. The molecule has 1 amide bonds. The highest BCUT2D eigenvalue weighted by molar-refractivity contribution is 6.32. The average Bonchev–Trinajstić information content (AvgIpc) is 3.31. The maximum atomic E-state index is 13.4. The van der Waals surface area contributed by atoms with E-state index in [1.807, 2.05) is 29.2 Å². The van der Waals surface area contributed by atoms with Gasteiger partial charge in [-0.25, -0.2) is 8.78 Å². The minimum absolute atomic E-state index is 0.0324. The van der Waals surface area contributed by atoms with Crippen LogP contribution >= 0.6 is 11.6 Å². The van der Waals surface area contributed by atoms with Gasteiger partial charge < -0.3 is 10.0 Å². The molecule has 2 aromatic carbocycles. The van der Waals surface area contributed by atoms with E-state index in [4.69, 9.17) is 11.6 Å². The maximum absolute atomic E-state index is 13.4. The fourth-order valence-corrected chi connectivity index (χ4v) is 4.62. The number of likely N-dealkylation sites (tertiary alicyclic amines) is 2. The van der Waals surface area contributed by atoms with Crippen LogP contribution in [0, 0.1) is 6.92 Å². The van der Waals surface area contributed by atoms with Crippen molar-refractivity contribution < 1.29 is 18.7 Å². The van der Waals surface area contributed by atoms with Gasteiger partial charge in [-0.3, -0.25) is 9.69 Å². The van der Waals surface area contributed by atoms with Gasteiger partial charge in [-0.15, -0.1) is 0 Å². The topological polar surface area (TPSA) is 43.8 Å². The molecule has 7 heteroatoms. The van der Waals surface area contributed by atoms with Crippen molar-refractivity contribution in [3.8, 4) is 5.75 Å². The second-order valence-corrected chi connectivity index (χ2v) is 8.74. The average molecular weight is 435 g/mol. The number of carbonyl (C=O) groups excluding carboxylic acids is 1. The molecule has 2 heterocycles. The number of benzene rings is 2. The summed E-state index contributed by atoms with van der Waals surface area (Å²) in [7, 11) is 0. The number of phenolic OH excluding ortho intramolecular Hbond substituents is 1. The molecule has 0 saturated carbocycles. The van der Waals surface area contributed by atoms with Crippen molar-refractivity contribution in [3.05, 3.63) is 63.7 Å². The standard InChI is InChI=1S/C23H25ClF2N2O2/c1-15-11-21(29)19(24)12-18(15)22(30)28-9-2-3-20(28)17-6-4-16(5-7-17)13-27-10-8-23(25,26)14-27/h4-7,11-12,20,29H,2-3,8-10,13-14H2,1H3/t20-/m0/s1. The van der Waals surface area contributed by atoms with E-state index in [0.29, 0.717) is 30.8 Å². The Bertz CT molecular complexity index is 949. The third-order valence-corrected chi connectivity index (χ3v) is 6.36. The zero-order chi connectivity index (χ0) is 21.5. The third kappa shape index (κ3) is 4.30. The first-order valence-corrected chi connectivity index (χ1v) is 10.6. The number of rotatable bonds is 4. The second-order valence-electron chi connectivity index (χ2n) is 8.33. The van der Waals surface area contributed by atoms with Gasteiger partial charge in [0, 0.05) is 31.6 Å². The summed E-state index contributed by atoms with van der Waals surface area (Å²) in [5, 5.41) is 9.92. The molecule has 0 bridgehead atoms. The summed E-state index contributed by atoms with van der Waals surface area (Å²) in [6, 6.07) is 10.9. The number of aryl methyl sites for hydroxylation is 1. The van der Waals surface area contributed by atoms with Crippen LogP contribution in [-0.4, -0.2) is 46.4 Å². The second kappa shape index (κ2) is 8.16. The van der Waals surface area contributed by atoms with Crippen molar-refractivity contribution >= 4 is 17.5 Å². The van der Waals surface area contributed by atoms with Gasteiger partial charge in [0.15, 0.2) is 0 Å². The molecule has 4 nitrogen and oxygen atoms in total. The quantitative estimate of drug-likeness (QED) is 0.721. The largest absolute Gasteiger partial charge is 0.506 e. The SMILES string of the molecule is Cc1cc(O)c(Cl)cc1C(=O)N1CCC[C@H]1c1ccc(CN2CCC(F)(F)C2)cc1. The number of nitrogens with zero attached hydrogens (tertiary/aromatic N) is 2. The van der Waals surface area contributed by atoms with Crippen molar-refractivity contribution in [2.75, 3.05) is 19.6 Å². The van der Waals surface area contributed by atoms with E-state index in [1.54, 1.807) is 11.8 Å². The number of hydrogen-bond acceptors (Lipinski definition) is 3. The molecule has 4 rings (SSSR count). The Morgan fingerprint density at radius 2 is 1.97 bits per heavy atom. The first-order chi connectivity index (χ1) is 14.2. The van der Waals surface area contributed by atoms with E-state index < -0.39 is 5.92 Å². The number of phenols is 1. The Labute approximate surface area is 180 Å². The van der Waals surface area contributed by atoms with Gasteiger partial charge >= 0.3 is 0 Å². The Balaban J connectivity index is 1.48. The van der Waals surface area contributed by atoms with Crippen molar-refractivity contribution in [1.29, 1.82) is 0 Å². The molecule has 0 aliphatic carbocycles. The lowest BCUT2D eigenvalue weighted by Gasteiger charge is -2.26. The predicted octanol–water partition coefficient (Wildman–Crippen LogP) is 5.17. The zero-order valence-electron chi connectivity index (χ0n) is 16.9. The monoisotopic (exact) mass is 434 g/mol. The molecular formula is C23H25ClF2N2O2. The van der Waals surface area contributed by atoms with Gasteiger partial charge in [0.2, 0.25) is 0 Å². The first kappa shape index (κ1) is 21.1. The molecule has 2 aliphatic heterocycles. The van der Waals surface area contributed by atoms with E-state index in [1.165, 1.54) is 12.1 Å². The Morgan fingerprint density at radius 1 is 1.23 bits per heavy atom. The minimum atomic E-state index is -2.58. The van der Waals surface area contributed by atoms with E-state index in [0.717, 1.165) is 24.0 Å². The van der Waals surface area contributed by atoms with Gasteiger partial charge in [-0.2, -0.15) is 0 Å². The number of hydrogen-bond donors (Lipinski definition) is 1. The van der Waals surface area contributed by atoms with Gasteiger partial charge in [-0.1, -0.05) is 35.9 Å². The highest BCUT2D eigenvalue weighted by atomic mass is 35.5. The van der Waals surface area contributed by atoms with Crippen LogP contribution in [0.4, 0.5) is 8.78 Å². The Hall–Kier alpha value is -2.18. The molecule has 160 valence electrons. The van der Waals surface area contributed by atoms with Crippen LogP contribution in [0.1, 0.15) is 52.4 Å². The van der Waals surface area contributed by atoms with Crippen molar-refractivity contribution in [2.45, 2.75) is 44.7 Å². The van der Waals surface area contributed by atoms with E-state index >= 15 is 0 Å². The van der Waals surface area contributed by atoms with Crippen molar-refractivity contribution in [2.24, 2.45) is 0 Å². The summed E-state index contributed by atoms with van der Waals surface area (Å²) in [5.41, 5.74) is 3.22. The fourth-order valence-electron chi connectivity index (χ4n) is 4.45. The molecule has 30 heavy (non-hydrogen) atoms. The van der Waals surface area contributed by atoms with Crippen LogP contribution in [-0.2, 0) is 6.54 Å². The van der Waals surface area contributed by atoms with Crippen LogP contribution in [0.2, 0.25) is 5.02 Å². The number of carbonyl (C=O) groups is 1. The van der Waals surface area contributed by atoms with Gasteiger partial charge in [-0.05, 0) is 48.6 Å². The maximum Gasteiger partial charge on any atom is 0.261 e. The molecule has 1 N–H and O–H groups in total. The molecule has 0 spiro atoms. The van der Waals surface area contributed by atoms with Crippen LogP contribution in [0.15, 0.2) is 36.4 Å². The van der Waals surface area contributed by atoms with Gasteiger partial charge in [0.05, 0.1) is 17.6 Å². The lowest BCUT2D eigenvalue weighted by molar-refractivity contribution is 0.0115. The van der Waals surface area contributed by atoms with Crippen LogP contribution in [0.25, 0.3) is 0 Å². The Morgan fingerprint density at radius 3 is 2.63 bits per heavy atom. The molecule has 2 aromatic rings. The molecule has 2 fully saturated rings. The van der Waals surface area contributed by atoms with Crippen LogP contribution < -0.4 is 0 Å². The molecule has 0 unspecified atom stereocenters. The highest BCUT2D eigenvalue weighted by Gasteiger charge is 2.38. The normalized spacial score (nSPS) is 21.3. The summed E-state index contributed by atoms with van der Waals surface area (Å²) in [6.07, 6.45) is 1.70. The van der Waals surface area contributed by atoms with Gasteiger partial charge in [0.1, 0.15) is 5.75 Å². The predicted molar refractivity (Wildman–Crippen MR) is 112 cm³/mol. The Kier molecular flexibility index (Phi) is 5.73. The summed E-state index contributed by atoms with van der Waals surface area (Å²) >= 11 is 6.02. The minimum Gasteiger partial charge on any atom is -0.506 e. The lowest BCUT2D eigenvalue weighted by atomic mass is 10.0. The van der Waals surface area contributed by atoms with E-state index in [-0.39, 0.29) is 35.7 Å². The zero-order valence-corrected chi connectivity index (χ0v) is 17.6. The summed E-state index contributed by atoms with van der Waals surface area (Å²) in [6.45, 7) is 3.17. The fraction of sp³-hybridized carbons (Fsp3) is 0.435. The van der Waals surface area contributed by atoms with Crippen molar-refractivity contribution in [1.82, 2.24) is 9.80 Å². The number of amides is 1. The van der Waals surface area contributed by atoms with Crippen LogP contribution in [0.5, 0.6) is 5.75 Å². The smallest absolute Gasteiger partial charge is 0.261 e. The molecule has 1 atom stereocenters. The molecule has 0 radical (unpaired) electrons. The first-order valence-electron chi connectivity index (χ1n) is 10.2. The van der Waals surface area contributed by atoms with Gasteiger partial charge in [0.25, 0.3) is 11.8 Å². The summed E-state index contributed by atoms with van der Waals surface area (Å²) < 4.78 is 26.8. The highest BCUT2D eigenvalue weighted by Crippen LogP contribution is 2.35.